The molecule has 94 valence electrons. The number of carboxylic acids is 1. The molecule has 0 fully saturated rings. The van der Waals surface area contributed by atoms with Crippen LogP contribution in [0.1, 0.15) is 23.6 Å². The summed E-state index contributed by atoms with van der Waals surface area (Å²) in [6.07, 6.45) is 0.730. The van der Waals surface area contributed by atoms with Crippen molar-refractivity contribution >= 4 is 16.0 Å². The number of aliphatic carboxylic acids is 1. The van der Waals surface area contributed by atoms with Crippen LogP contribution in [0.5, 0.6) is 0 Å². The lowest BCUT2D eigenvalue weighted by Crippen LogP contribution is -2.29. The van der Waals surface area contributed by atoms with Crippen molar-refractivity contribution in [1.82, 2.24) is 4.72 Å². The minimum Gasteiger partial charge on any atom is -0.481 e. The van der Waals surface area contributed by atoms with Crippen LogP contribution < -0.4 is 4.72 Å². The molecule has 0 aliphatic carbocycles. The van der Waals surface area contributed by atoms with Crippen molar-refractivity contribution in [3.8, 4) is 0 Å². The number of nitrogens with one attached hydrogen (secondary N) is 1. The van der Waals surface area contributed by atoms with Crippen molar-refractivity contribution in [2.75, 3.05) is 6.26 Å². The predicted molar refractivity (Wildman–Crippen MR) is 64.2 cm³/mol. The molecule has 17 heavy (non-hydrogen) atoms. The van der Waals surface area contributed by atoms with Gasteiger partial charge >= 0.3 is 5.97 Å². The molecule has 0 bridgehead atoms. The first kappa shape index (κ1) is 13.7. The summed E-state index contributed by atoms with van der Waals surface area (Å²) in [6, 6.07) is 6.37. The highest BCUT2D eigenvalue weighted by Crippen LogP contribution is 2.18. The van der Waals surface area contributed by atoms with Gasteiger partial charge in [0.15, 0.2) is 0 Å². The average Bonchev–Trinajstić information content (AvgIpc) is 2.13. The fourth-order valence-electron chi connectivity index (χ4n) is 1.55. The van der Waals surface area contributed by atoms with Gasteiger partial charge in [-0.2, -0.15) is 0 Å². The minimum atomic E-state index is -3.44. The van der Waals surface area contributed by atoms with E-state index in [0.717, 1.165) is 11.8 Å². The van der Waals surface area contributed by atoms with Crippen LogP contribution in [0, 0.1) is 6.92 Å². The topological polar surface area (TPSA) is 83.5 Å². The highest BCUT2D eigenvalue weighted by atomic mass is 32.2. The first-order chi connectivity index (χ1) is 7.78. The summed E-state index contributed by atoms with van der Waals surface area (Å²) in [6.45, 7) is 1.86. The first-order valence-corrected chi connectivity index (χ1v) is 6.93. The molecule has 5 nitrogen and oxygen atoms in total. The van der Waals surface area contributed by atoms with Crippen molar-refractivity contribution in [2.45, 2.75) is 19.4 Å². The maximum Gasteiger partial charge on any atom is 0.305 e. The molecule has 0 radical (unpaired) electrons. The zero-order valence-corrected chi connectivity index (χ0v) is 10.5. The lowest BCUT2D eigenvalue weighted by Gasteiger charge is -2.16. The summed E-state index contributed by atoms with van der Waals surface area (Å²) in [5.74, 6) is -1.05. The van der Waals surface area contributed by atoms with E-state index in [0.29, 0.717) is 5.56 Å². The van der Waals surface area contributed by atoms with E-state index in [2.05, 4.69) is 4.72 Å². The van der Waals surface area contributed by atoms with Gasteiger partial charge in [-0.05, 0) is 12.5 Å². The van der Waals surface area contributed by atoms with Gasteiger partial charge in [-0.15, -0.1) is 0 Å². The van der Waals surface area contributed by atoms with Crippen molar-refractivity contribution < 1.29 is 18.3 Å². The van der Waals surface area contributed by atoms with Gasteiger partial charge in [0, 0.05) is 0 Å². The fraction of sp³-hybridized carbons (Fsp3) is 0.364. The van der Waals surface area contributed by atoms with Crippen molar-refractivity contribution in [3.63, 3.8) is 0 Å². The first-order valence-electron chi connectivity index (χ1n) is 5.03. The molecule has 1 rings (SSSR count). The quantitative estimate of drug-likeness (QED) is 0.826. The molecule has 1 aromatic rings. The Morgan fingerprint density at radius 2 is 2.12 bits per heavy atom. The summed E-state index contributed by atoms with van der Waals surface area (Å²) < 4.78 is 24.7. The number of hydrogen-bond donors (Lipinski definition) is 2. The van der Waals surface area contributed by atoms with Gasteiger partial charge < -0.3 is 5.11 Å². The number of benzene rings is 1. The molecule has 1 aromatic carbocycles. The van der Waals surface area contributed by atoms with Gasteiger partial charge in [0.05, 0.1) is 18.7 Å². The zero-order valence-electron chi connectivity index (χ0n) is 9.67. The Balaban J connectivity index is 3.01. The van der Waals surface area contributed by atoms with Gasteiger partial charge in [0.2, 0.25) is 10.0 Å². The molecule has 0 saturated heterocycles. The van der Waals surface area contributed by atoms with Gasteiger partial charge in [-0.3, -0.25) is 4.79 Å². The molecule has 1 unspecified atom stereocenters. The molecular formula is C11H15NO4S. The molecule has 0 aliphatic rings. The van der Waals surface area contributed by atoms with E-state index in [1.54, 1.807) is 18.2 Å². The third kappa shape index (κ3) is 4.97. The van der Waals surface area contributed by atoms with Gasteiger partial charge in [-0.1, -0.05) is 29.8 Å². The lowest BCUT2D eigenvalue weighted by atomic mass is 10.0. The maximum absolute atomic E-state index is 11.2. The van der Waals surface area contributed by atoms with Crippen LogP contribution in [0.15, 0.2) is 24.3 Å². The summed E-state index contributed by atoms with van der Waals surface area (Å²) in [4.78, 5) is 10.7. The van der Waals surface area contributed by atoms with E-state index < -0.39 is 22.0 Å². The Morgan fingerprint density at radius 3 is 2.59 bits per heavy atom. The monoisotopic (exact) mass is 257 g/mol. The molecule has 0 aliphatic heterocycles. The molecule has 0 aromatic heterocycles. The summed E-state index contributed by atoms with van der Waals surface area (Å²) in [5, 5.41) is 8.78. The van der Waals surface area contributed by atoms with Gasteiger partial charge in [-0.25, -0.2) is 13.1 Å². The van der Waals surface area contributed by atoms with Gasteiger partial charge in [0.25, 0.3) is 0 Å². The second-order valence-corrected chi connectivity index (χ2v) is 5.73. The molecule has 0 spiro atoms. The van der Waals surface area contributed by atoms with Crippen LogP contribution in [-0.2, 0) is 14.8 Å². The molecule has 0 amide bonds. The van der Waals surface area contributed by atoms with Crippen LogP contribution in [0.25, 0.3) is 0 Å². The highest BCUT2D eigenvalue weighted by molar-refractivity contribution is 7.88. The zero-order chi connectivity index (χ0) is 13.1. The molecule has 1 atom stereocenters. The van der Waals surface area contributed by atoms with E-state index in [-0.39, 0.29) is 6.42 Å². The standard InChI is InChI=1S/C11H15NO4S/c1-8-4-3-5-9(6-8)10(7-11(13)14)12-17(2,15)16/h3-6,10,12H,7H2,1-2H3,(H,13,14). The van der Waals surface area contributed by atoms with Crippen molar-refractivity contribution in [1.29, 1.82) is 0 Å². The van der Waals surface area contributed by atoms with E-state index in [9.17, 15) is 13.2 Å². The van der Waals surface area contributed by atoms with Crippen molar-refractivity contribution in [2.24, 2.45) is 0 Å². The number of sulfonamides is 1. The van der Waals surface area contributed by atoms with E-state index in [1.807, 2.05) is 13.0 Å². The number of rotatable bonds is 5. The molecule has 2 N–H and O–H groups in total. The molecule has 0 saturated carbocycles. The van der Waals surface area contributed by atoms with Gasteiger partial charge in [0.1, 0.15) is 0 Å². The largest absolute Gasteiger partial charge is 0.481 e. The second kappa shape index (κ2) is 5.29. The van der Waals surface area contributed by atoms with E-state index >= 15 is 0 Å². The Labute approximate surface area is 101 Å². The predicted octanol–water partition coefficient (Wildman–Crippen LogP) is 1.06. The highest BCUT2D eigenvalue weighted by Gasteiger charge is 2.19. The van der Waals surface area contributed by atoms with E-state index in [4.69, 9.17) is 5.11 Å². The van der Waals surface area contributed by atoms with Crippen LogP contribution in [0.2, 0.25) is 0 Å². The Hall–Kier alpha value is -1.40. The van der Waals surface area contributed by atoms with Crippen molar-refractivity contribution in [3.05, 3.63) is 35.4 Å². The molecular weight excluding hydrogens is 242 g/mol. The second-order valence-electron chi connectivity index (χ2n) is 3.95. The summed E-state index contributed by atoms with van der Waals surface area (Å²) in [5.41, 5.74) is 1.60. The Bertz CT molecular complexity index is 510. The summed E-state index contributed by atoms with van der Waals surface area (Å²) >= 11 is 0. The van der Waals surface area contributed by atoms with Crippen LogP contribution >= 0.6 is 0 Å². The van der Waals surface area contributed by atoms with Crippen LogP contribution in [0.3, 0.4) is 0 Å². The molecule has 0 heterocycles. The minimum absolute atomic E-state index is 0.281. The number of aryl methyl sites for hydroxylation is 1. The average molecular weight is 257 g/mol. The Morgan fingerprint density at radius 1 is 1.47 bits per heavy atom. The fourth-order valence-corrected chi connectivity index (χ4v) is 2.28. The Kier molecular flexibility index (Phi) is 4.25. The number of carbonyl (C=O) groups is 1. The third-order valence-electron chi connectivity index (χ3n) is 2.18. The lowest BCUT2D eigenvalue weighted by molar-refractivity contribution is -0.137. The summed E-state index contributed by atoms with van der Waals surface area (Å²) in [7, 11) is -3.44. The molecule has 6 heteroatoms. The maximum atomic E-state index is 11.2. The van der Waals surface area contributed by atoms with Crippen LogP contribution in [0.4, 0.5) is 0 Å². The SMILES string of the molecule is Cc1cccc(C(CC(=O)O)NS(C)(=O)=O)c1. The van der Waals surface area contributed by atoms with E-state index in [1.165, 1.54) is 0 Å². The smallest absolute Gasteiger partial charge is 0.305 e. The number of carboxylic acid groups (broad SMARTS) is 1. The number of hydrogen-bond acceptors (Lipinski definition) is 3. The normalized spacial score (nSPS) is 13.3. The van der Waals surface area contributed by atoms with Crippen LogP contribution in [-0.4, -0.2) is 25.7 Å². The third-order valence-corrected chi connectivity index (χ3v) is 2.89.